The number of rotatable bonds is 14. The third-order valence-electron chi connectivity index (χ3n) is 4.58. The van der Waals surface area contributed by atoms with Crippen molar-refractivity contribution in [2.45, 2.75) is 13.1 Å². The minimum Gasteiger partial charge on any atom is -0.480 e. The normalized spacial score (nSPS) is 10.9. The zero-order valence-corrected chi connectivity index (χ0v) is 19.2. The second-order valence-corrected chi connectivity index (χ2v) is 7.60. The summed E-state index contributed by atoms with van der Waals surface area (Å²) in [6, 6.07) is 7.43. The van der Waals surface area contributed by atoms with Crippen LogP contribution in [-0.4, -0.2) is 103 Å². The Kier molecular flexibility index (Phi) is 9.94. The lowest BCUT2D eigenvalue weighted by molar-refractivity contribution is -0.144. The molecular weight excluding hydrogens is 480 g/mol. The number of nitrogens with zero attached hydrogens (tertiary/aromatic N) is 4. The van der Waals surface area contributed by atoms with Gasteiger partial charge in [0.2, 0.25) is 0 Å². The van der Waals surface area contributed by atoms with Gasteiger partial charge in [-0.2, -0.15) is 0 Å². The van der Waals surface area contributed by atoms with E-state index in [1.165, 1.54) is 19.2 Å². The quantitative estimate of drug-likeness (QED) is 0.247. The van der Waals surface area contributed by atoms with Crippen molar-refractivity contribution in [2.24, 2.45) is 0 Å². The van der Waals surface area contributed by atoms with Crippen molar-refractivity contribution in [1.29, 1.82) is 0 Å². The first-order valence-corrected chi connectivity index (χ1v) is 10.3. The Morgan fingerprint density at radius 2 is 1.19 bits per heavy atom. The number of carboxylic acid groups (broad SMARTS) is 4. The average molecular weight is 504 g/mol. The lowest BCUT2D eigenvalue weighted by atomic mass is 10.1. The van der Waals surface area contributed by atoms with Crippen LogP contribution < -0.4 is 0 Å². The fourth-order valence-corrected chi connectivity index (χ4v) is 3.30. The van der Waals surface area contributed by atoms with Crippen molar-refractivity contribution in [2.75, 3.05) is 33.3 Å². The molecule has 14 nitrogen and oxygen atoms in total. The van der Waals surface area contributed by atoms with Crippen LogP contribution in [0.1, 0.15) is 21.7 Å². The molecule has 14 heteroatoms. The zero-order valence-electron chi connectivity index (χ0n) is 19.2. The van der Waals surface area contributed by atoms with Crippen molar-refractivity contribution < 1.29 is 49.1 Å². The van der Waals surface area contributed by atoms with Gasteiger partial charge in [-0.05, 0) is 24.3 Å². The number of aromatic nitrogens is 2. The maximum atomic E-state index is 12.2. The molecule has 0 aliphatic heterocycles. The lowest BCUT2D eigenvalue weighted by Gasteiger charge is -2.19. The van der Waals surface area contributed by atoms with Crippen LogP contribution in [0.25, 0.3) is 11.4 Å². The summed E-state index contributed by atoms with van der Waals surface area (Å²) in [5, 5.41) is 36.2. The van der Waals surface area contributed by atoms with Gasteiger partial charge in [0, 0.05) is 13.1 Å². The van der Waals surface area contributed by atoms with Gasteiger partial charge in [0.25, 0.3) is 0 Å². The van der Waals surface area contributed by atoms with Gasteiger partial charge >= 0.3 is 29.8 Å². The molecule has 192 valence electrons. The van der Waals surface area contributed by atoms with Crippen molar-refractivity contribution in [3.63, 3.8) is 0 Å². The molecule has 0 aliphatic carbocycles. The standard InChI is InChI=1S/C22H24N4O10/c1-36-22(35)13-5-15(8-26(11-20(31)32)12-21(33)34)24-17(6-13)16-4-2-3-14(23-16)7-25(9-18(27)28)10-19(29)30/h2-6H,7-12H2,1H3,(H,27,28)(H,29,30)(H,31,32)(H,33,34). The van der Waals surface area contributed by atoms with Crippen molar-refractivity contribution in [3.05, 3.63) is 47.3 Å². The number of ether oxygens (including phenoxy) is 1. The first kappa shape index (κ1) is 27.8. The topological polar surface area (TPSA) is 208 Å². The molecule has 0 fully saturated rings. The molecule has 0 spiro atoms. The van der Waals surface area contributed by atoms with Crippen LogP contribution in [0.15, 0.2) is 30.3 Å². The molecule has 0 radical (unpaired) electrons. The summed E-state index contributed by atoms with van der Waals surface area (Å²) in [4.78, 5) is 67.7. The molecule has 0 aliphatic rings. The molecule has 2 heterocycles. The number of hydrogen-bond acceptors (Lipinski definition) is 10. The van der Waals surface area contributed by atoms with E-state index in [0.717, 1.165) is 9.80 Å². The summed E-state index contributed by atoms with van der Waals surface area (Å²) < 4.78 is 4.76. The van der Waals surface area contributed by atoms with E-state index in [2.05, 4.69) is 9.97 Å². The van der Waals surface area contributed by atoms with Crippen LogP contribution in [0.2, 0.25) is 0 Å². The molecule has 36 heavy (non-hydrogen) atoms. The monoisotopic (exact) mass is 504 g/mol. The molecule has 0 unspecified atom stereocenters. The molecule has 4 N–H and O–H groups in total. The summed E-state index contributed by atoms with van der Waals surface area (Å²) in [6.07, 6.45) is 0. The number of hydrogen-bond donors (Lipinski definition) is 4. The average Bonchev–Trinajstić information content (AvgIpc) is 2.76. The fourth-order valence-electron chi connectivity index (χ4n) is 3.30. The minimum absolute atomic E-state index is 0.0636. The SMILES string of the molecule is COC(=O)c1cc(CN(CC(=O)O)CC(=O)O)nc(-c2cccc(CN(CC(=O)O)CC(=O)O)n2)c1. The van der Waals surface area contributed by atoms with Crippen LogP contribution in [-0.2, 0) is 37.0 Å². The molecule has 2 rings (SSSR count). The molecule has 0 saturated heterocycles. The van der Waals surface area contributed by atoms with E-state index >= 15 is 0 Å². The Bertz CT molecular complexity index is 1120. The maximum Gasteiger partial charge on any atom is 0.337 e. The molecule has 2 aromatic heterocycles. The van der Waals surface area contributed by atoms with Gasteiger partial charge in [0.15, 0.2) is 0 Å². The summed E-state index contributed by atoms with van der Waals surface area (Å²) in [7, 11) is 1.17. The van der Waals surface area contributed by atoms with Crippen LogP contribution in [0.4, 0.5) is 0 Å². The van der Waals surface area contributed by atoms with Gasteiger partial charge in [-0.1, -0.05) is 6.07 Å². The van der Waals surface area contributed by atoms with E-state index in [-0.39, 0.29) is 35.7 Å². The predicted octanol–water partition coefficient (Wildman–Crippen LogP) is -0.127. The molecule has 0 amide bonds. The van der Waals surface area contributed by atoms with Crippen LogP contribution >= 0.6 is 0 Å². The molecular formula is C22H24N4O10. The second kappa shape index (κ2) is 12.9. The number of carboxylic acids is 4. The molecule has 0 aromatic carbocycles. The fraction of sp³-hybridized carbons (Fsp3) is 0.318. The summed E-state index contributed by atoms with van der Waals surface area (Å²) in [6.45, 7) is -2.52. The Hall–Kier alpha value is -4.43. The number of methoxy groups -OCH3 is 1. The Labute approximate surface area is 204 Å². The highest BCUT2D eigenvalue weighted by Crippen LogP contribution is 2.20. The predicted molar refractivity (Wildman–Crippen MR) is 120 cm³/mol. The molecule has 0 saturated carbocycles. The van der Waals surface area contributed by atoms with Crippen molar-refractivity contribution in [1.82, 2.24) is 19.8 Å². The van der Waals surface area contributed by atoms with Gasteiger partial charge in [-0.15, -0.1) is 0 Å². The summed E-state index contributed by atoms with van der Waals surface area (Å²) >= 11 is 0. The Morgan fingerprint density at radius 1 is 0.722 bits per heavy atom. The van der Waals surface area contributed by atoms with Crippen LogP contribution in [0, 0.1) is 0 Å². The second-order valence-electron chi connectivity index (χ2n) is 7.60. The lowest BCUT2D eigenvalue weighted by Crippen LogP contribution is -2.34. The van der Waals surface area contributed by atoms with Crippen LogP contribution in [0.5, 0.6) is 0 Å². The highest BCUT2D eigenvalue weighted by molar-refractivity contribution is 5.90. The van der Waals surface area contributed by atoms with E-state index in [1.54, 1.807) is 18.2 Å². The van der Waals surface area contributed by atoms with Gasteiger partial charge in [-0.25, -0.2) is 14.8 Å². The van der Waals surface area contributed by atoms with E-state index < -0.39 is 56.0 Å². The van der Waals surface area contributed by atoms with Crippen molar-refractivity contribution >= 4 is 29.8 Å². The highest BCUT2D eigenvalue weighted by Gasteiger charge is 2.19. The first-order valence-electron chi connectivity index (χ1n) is 10.3. The molecule has 2 aromatic rings. The summed E-state index contributed by atoms with van der Waals surface area (Å²) in [5.74, 6) is -5.63. The summed E-state index contributed by atoms with van der Waals surface area (Å²) in [5.41, 5.74) is 1.02. The third kappa shape index (κ3) is 9.08. The van der Waals surface area contributed by atoms with E-state index in [9.17, 15) is 24.0 Å². The van der Waals surface area contributed by atoms with E-state index in [0.29, 0.717) is 5.69 Å². The van der Waals surface area contributed by atoms with E-state index in [1.807, 2.05) is 0 Å². The van der Waals surface area contributed by atoms with Crippen LogP contribution in [0.3, 0.4) is 0 Å². The van der Waals surface area contributed by atoms with Crippen molar-refractivity contribution in [3.8, 4) is 11.4 Å². The first-order chi connectivity index (χ1) is 17.0. The van der Waals surface area contributed by atoms with E-state index in [4.69, 9.17) is 25.2 Å². The smallest absolute Gasteiger partial charge is 0.337 e. The third-order valence-corrected chi connectivity index (χ3v) is 4.58. The zero-order chi connectivity index (χ0) is 26.8. The van der Waals surface area contributed by atoms with Gasteiger partial charge in [0.05, 0.1) is 61.6 Å². The number of esters is 1. The number of pyridine rings is 2. The molecule has 0 bridgehead atoms. The minimum atomic E-state index is -1.25. The highest BCUT2D eigenvalue weighted by atomic mass is 16.5. The number of carbonyl (C=O) groups is 5. The maximum absolute atomic E-state index is 12.2. The largest absolute Gasteiger partial charge is 0.480 e. The Morgan fingerprint density at radius 3 is 1.67 bits per heavy atom. The Balaban J connectivity index is 2.44. The number of carbonyl (C=O) groups excluding carboxylic acids is 1. The number of aliphatic carboxylic acids is 4. The van der Waals surface area contributed by atoms with Gasteiger partial charge in [0.1, 0.15) is 0 Å². The molecule has 0 atom stereocenters. The van der Waals surface area contributed by atoms with Gasteiger partial charge < -0.3 is 25.2 Å². The van der Waals surface area contributed by atoms with Gasteiger partial charge in [-0.3, -0.25) is 29.0 Å².